The number of hydrogen-bond donors (Lipinski definition) is 0. The Labute approximate surface area is 206 Å². The van der Waals surface area contributed by atoms with Crippen molar-refractivity contribution in [2.24, 2.45) is 5.92 Å². The van der Waals surface area contributed by atoms with Crippen LogP contribution in [0, 0.1) is 19.8 Å². The molecule has 8 heteroatoms. The molecule has 1 atom stereocenters. The predicted molar refractivity (Wildman–Crippen MR) is 131 cm³/mol. The molecule has 1 saturated heterocycles. The zero-order chi connectivity index (χ0) is 24.9. The second-order valence-corrected chi connectivity index (χ2v) is 9.61. The lowest BCUT2D eigenvalue weighted by atomic mass is 9.87. The summed E-state index contributed by atoms with van der Waals surface area (Å²) in [4.78, 5) is 51.9. The second-order valence-electron chi connectivity index (χ2n) is 9.61. The topological polar surface area (TPSA) is 92.7 Å². The van der Waals surface area contributed by atoms with Crippen LogP contribution in [0.25, 0.3) is 0 Å². The van der Waals surface area contributed by atoms with Gasteiger partial charge in [-0.1, -0.05) is 49.6 Å². The molecular formula is C27H34N4O4. The normalized spacial score (nSPS) is 18.9. The Kier molecular flexibility index (Phi) is 7.78. The van der Waals surface area contributed by atoms with Gasteiger partial charge in [0, 0.05) is 31.6 Å². The highest BCUT2D eigenvalue weighted by Gasteiger charge is 2.36. The molecule has 0 bridgehead atoms. The van der Waals surface area contributed by atoms with E-state index in [4.69, 9.17) is 4.74 Å². The van der Waals surface area contributed by atoms with Gasteiger partial charge in [0.15, 0.2) is 0 Å². The van der Waals surface area contributed by atoms with Crippen molar-refractivity contribution in [3.8, 4) is 0 Å². The van der Waals surface area contributed by atoms with Crippen molar-refractivity contribution in [1.82, 2.24) is 19.8 Å². The van der Waals surface area contributed by atoms with E-state index in [9.17, 15) is 14.4 Å². The average molecular weight is 479 g/mol. The van der Waals surface area contributed by atoms with E-state index >= 15 is 0 Å². The van der Waals surface area contributed by atoms with Crippen LogP contribution in [0.15, 0.2) is 30.3 Å². The summed E-state index contributed by atoms with van der Waals surface area (Å²) in [5.41, 5.74) is 1.43. The van der Waals surface area contributed by atoms with Gasteiger partial charge in [-0.15, -0.1) is 0 Å². The molecule has 2 aromatic rings. The van der Waals surface area contributed by atoms with E-state index in [1.54, 1.807) is 18.7 Å². The lowest BCUT2D eigenvalue weighted by Crippen LogP contribution is -2.57. The third kappa shape index (κ3) is 5.69. The van der Waals surface area contributed by atoms with Crippen LogP contribution >= 0.6 is 0 Å². The van der Waals surface area contributed by atoms with Gasteiger partial charge in [0.2, 0.25) is 5.91 Å². The molecule has 0 N–H and O–H groups in total. The van der Waals surface area contributed by atoms with Crippen molar-refractivity contribution < 1.29 is 19.1 Å². The Morgan fingerprint density at radius 3 is 2.40 bits per heavy atom. The maximum Gasteiger partial charge on any atom is 0.342 e. The van der Waals surface area contributed by atoms with Gasteiger partial charge in [-0.05, 0) is 39.2 Å². The van der Waals surface area contributed by atoms with Crippen LogP contribution in [-0.2, 0) is 16.1 Å². The van der Waals surface area contributed by atoms with E-state index in [1.165, 1.54) is 6.42 Å². The first-order valence-electron chi connectivity index (χ1n) is 12.5. The first kappa shape index (κ1) is 24.8. The zero-order valence-electron chi connectivity index (χ0n) is 20.8. The third-order valence-electron chi connectivity index (χ3n) is 6.97. The van der Waals surface area contributed by atoms with E-state index in [0.29, 0.717) is 31.2 Å². The fraction of sp³-hybridized carbons (Fsp3) is 0.519. The highest BCUT2D eigenvalue weighted by molar-refractivity contribution is 6.04. The smallest absolute Gasteiger partial charge is 0.342 e. The number of aromatic nitrogens is 2. The molecule has 4 rings (SSSR count). The number of amides is 2. The summed E-state index contributed by atoms with van der Waals surface area (Å²) < 4.78 is 5.51. The highest BCUT2D eigenvalue weighted by Crippen LogP contribution is 2.27. The Hall–Kier alpha value is -3.29. The Bertz CT molecular complexity index is 1080. The number of hydrogen-bond acceptors (Lipinski definition) is 6. The first-order chi connectivity index (χ1) is 16.8. The van der Waals surface area contributed by atoms with Crippen molar-refractivity contribution in [3.05, 3.63) is 58.7 Å². The summed E-state index contributed by atoms with van der Waals surface area (Å²) in [5, 5.41) is 0. The highest BCUT2D eigenvalue weighted by atomic mass is 16.5. The van der Waals surface area contributed by atoms with Gasteiger partial charge < -0.3 is 14.5 Å². The van der Waals surface area contributed by atoms with Crippen LogP contribution in [0.3, 0.4) is 0 Å². The first-order valence-corrected chi connectivity index (χ1v) is 12.5. The largest absolute Gasteiger partial charge is 0.457 e. The average Bonchev–Trinajstić information content (AvgIpc) is 2.87. The third-order valence-corrected chi connectivity index (χ3v) is 6.97. The fourth-order valence-electron chi connectivity index (χ4n) is 5.11. The van der Waals surface area contributed by atoms with Crippen LogP contribution in [0.4, 0.5) is 0 Å². The molecule has 2 heterocycles. The second kappa shape index (κ2) is 11.0. The van der Waals surface area contributed by atoms with Crippen molar-refractivity contribution in [2.75, 3.05) is 19.6 Å². The van der Waals surface area contributed by atoms with E-state index in [2.05, 4.69) is 9.97 Å². The van der Waals surface area contributed by atoms with Gasteiger partial charge in [0.1, 0.15) is 23.7 Å². The Balaban J connectivity index is 1.48. The van der Waals surface area contributed by atoms with Crippen molar-refractivity contribution in [1.29, 1.82) is 0 Å². The van der Waals surface area contributed by atoms with Crippen LogP contribution in [-0.4, -0.2) is 63.2 Å². The summed E-state index contributed by atoms with van der Waals surface area (Å²) in [6.07, 6.45) is 5.34. The number of rotatable bonds is 5. The van der Waals surface area contributed by atoms with Crippen LogP contribution in [0.1, 0.15) is 77.0 Å². The number of carbonyl (C=O) groups is 3. The van der Waals surface area contributed by atoms with E-state index in [1.807, 2.05) is 42.2 Å². The molecule has 35 heavy (non-hydrogen) atoms. The molecule has 1 aliphatic heterocycles. The van der Waals surface area contributed by atoms with Gasteiger partial charge in [-0.3, -0.25) is 9.59 Å². The zero-order valence-corrected chi connectivity index (χ0v) is 20.8. The summed E-state index contributed by atoms with van der Waals surface area (Å²) in [6, 6.07) is 9.28. The predicted octanol–water partition coefficient (Wildman–Crippen LogP) is 3.70. The Morgan fingerprint density at radius 1 is 1.00 bits per heavy atom. The number of esters is 1. The molecule has 1 saturated carbocycles. The summed E-state index contributed by atoms with van der Waals surface area (Å²) in [6.45, 7) is 6.75. The molecule has 1 unspecified atom stereocenters. The molecule has 1 aromatic heterocycles. The number of ether oxygens (including phenoxy) is 1. The van der Waals surface area contributed by atoms with Gasteiger partial charge in [0.25, 0.3) is 5.91 Å². The molecule has 2 fully saturated rings. The van der Waals surface area contributed by atoms with Crippen molar-refractivity contribution >= 4 is 17.8 Å². The molecule has 0 radical (unpaired) electrons. The lowest BCUT2D eigenvalue weighted by molar-refractivity contribution is -0.140. The van der Waals surface area contributed by atoms with Crippen molar-refractivity contribution in [2.45, 2.75) is 65.5 Å². The van der Waals surface area contributed by atoms with Gasteiger partial charge >= 0.3 is 5.97 Å². The quantitative estimate of drug-likeness (QED) is 0.609. The van der Waals surface area contributed by atoms with Gasteiger partial charge in [-0.25, -0.2) is 14.8 Å². The minimum atomic E-state index is -0.617. The number of carbonyl (C=O) groups excluding carboxylic acids is 3. The standard InChI is InChI=1S/C27H34N4O4/c1-18-16-30(14-15-31(18)25(32)22-12-8-5-9-13-22)26(33)24-23(19(2)28-20(3)29-24)27(34)35-17-21-10-6-4-7-11-21/h4,6-7,10-11,18,22H,5,8-9,12-17H2,1-3H3. The number of benzene rings is 1. The van der Waals surface area contributed by atoms with E-state index in [-0.39, 0.29) is 41.6 Å². The molecule has 1 aliphatic carbocycles. The molecule has 186 valence electrons. The van der Waals surface area contributed by atoms with Crippen LogP contribution in [0.5, 0.6) is 0 Å². The summed E-state index contributed by atoms with van der Waals surface area (Å²) >= 11 is 0. The molecule has 2 aliphatic rings. The van der Waals surface area contributed by atoms with Crippen LogP contribution < -0.4 is 0 Å². The maximum absolute atomic E-state index is 13.6. The minimum Gasteiger partial charge on any atom is -0.457 e. The van der Waals surface area contributed by atoms with Crippen molar-refractivity contribution in [3.63, 3.8) is 0 Å². The summed E-state index contributed by atoms with van der Waals surface area (Å²) in [7, 11) is 0. The van der Waals surface area contributed by atoms with Gasteiger partial charge in [-0.2, -0.15) is 0 Å². The van der Waals surface area contributed by atoms with Crippen LogP contribution in [0.2, 0.25) is 0 Å². The van der Waals surface area contributed by atoms with Gasteiger partial charge in [0.05, 0.1) is 5.69 Å². The molecule has 8 nitrogen and oxygen atoms in total. The molecule has 2 amide bonds. The van der Waals surface area contributed by atoms with E-state index < -0.39 is 5.97 Å². The van der Waals surface area contributed by atoms with E-state index in [0.717, 1.165) is 31.2 Å². The number of piperazine rings is 1. The molecular weight excluding hydrogens is 444 g/mol. The molecule has 0 spiro atoms. The minimum absolute atomic E-state index is 0.0623. The SMILES string of the molecule is Cc1nc(C)c(C(=O)OCc2ccccc2)c(C(=O)N2CCN(C(=O)C3CCCCC3)C(C)C2)n1. The number of nitrogens with zero attached hydrogens (tertiary/aromatic N) is 4. The summed E-state index contributed by atoms with van der Waals surface area (Å²) in [5.74, 6) is -0.213. The fourth-order valence-corrected chi connectivity index (χ4v) is 5.11. The monoisotopic (exact) mass is 478 g/mol. The Morgan fingerprint density at radius 2 is 1.71 bits per heavy atom. The molecule has 1 aromatic carbocycles. The number of aryl methyl sites for hydroxylation is 2. The lowest BCUT2D eigenvalue weighted by Gasteiger charge is -2.41. The maximum atomic E-state index is 13.6.